The molecule has 1 atom stereocenters. The number of hydrogen-bond donors (Lipinski definition) is 1. The maximum atomic E-state index is 11.0. The van der Waals surface area contributed by atoms with E-state index in [1.807, 2.05) is 6.92 Å². The van der Waals surface area contributed by atoms with E-state index in [9.17, 15) is 4.79 Å². The first kappa shape index (κ1) is 9.46. The lowest BCUT2D eigenvalue weighted by Crippen LogP contribution is -2.17. The van der Waals surface area contributed by atoms with Crippen molar-refractivity contribution in [3.05, 3.63) is 27.4 Å². The lowest BCUT2D eigenvalue weighted by Gasteiger charge is -2.07. The zero-order chi connectivity index (χ0) is 10.0. The molecular weight excluding hydrogens is 166 g/mol. The summed E-state index contributed by atoms with van der Waals surface area (Å²) in [4.78, 5) is 17.4. The Bertz CT molecular complexity index is 414. The van der Waals surface area contributed by atoms with Crippen molar-refractivity contribution in [3.8, 4) is 6.07 Å². The van der Waals surface area contributed by atoms with Gasteiger partial charge in [-0.3, -0.25) is 0 Å². The van der Waals surface area contributed by atoms with Gasteiger partial charge in [-0.05, 0) is 26.3 Å². The highest BCUT2D eigenvalue weighted by atomic mass is 16.1. The highest BCUT2D eigenvalue weighted by molar-refractivity contribution is 5.27. The molecule has 4 heteroatoms. The van der Waals surface area contributed by atoms with Crippen LogP contribution in [-0.4, -0.2) is 9.97 Å². The van der Waals surface area contributed by atoms with Crippen LogP contribution >= 0.6 is 0 Å². The normalized spacial score (nSPS) is 12.2. The number of rotatable bonds is 1. The van der Waals surface area contributed by atoms with E-state index in [0.717, 1.165) is 11.3 Å². The topological polar surface area (TPSA) is 69.5 Å². The van der Waals surface area contributed by atoms with Crippen molar-refractivity contribution in [1.29, 1.82) is 5.26 Å². The highest BCUT2D eigenvalue weighted by Crippen LogP contribution is 2.15. The zero-order valence-electron chi connectivity index (χ0n) is 7.88. The second-order valence-corrected chi connectivity index (χ2v) is 3.03. The Kier molecular flexibility index (Phi) is 2.47. The third-order valence-corrected chi connectivity index (χ3v) is 2.07. The van der Waals surface area contributed by atoms with Crippen LogP contribution in [0.3, 0.4) is 0 Å². The fraction of sp³-hybridized carbons (Fsp3) is 0.444. The second-order valence-electron chi connectivity index (χ2n) is 3.03. The van der Waals surface area contributed by atoms with E-state index in [1.54, 1.807) is 13.8 Å². The predicted octanol–water partition coefficient (Wildman–Crippen LogP) is 1.01. The van der Waals surface area contributed by atoms with Crippen LogP contribution in [0.4, 0.5) is 0 Å². The van der Waals surface area contributed by atoms with Crippen LogP contribution in [0.15, 0.2) is 4.79 Å². The molecule has 1 aromatic rings. The first-order valence-electron chi connectivity index (χ1n) is 4.03. The monoisotopic (exact) mass is 177 g/mol. The highest BCUT2D eigenvalue weighted by Gasteiger charge is 2.11. The van der Waals surface area contributed by atoms with Gasteiger partial charge in [0.2, 0.25) is 0 Å². The van der Waals surface area contributed by atoms with Crippen LogP contribution in [0, 0.1) is 25.2 Å². The van der Waals surface area contributed by atoms with E-state index in [-0.39, 0.29) is 11.6 Å². The SMILES string of the molecule is Cc1[nH]c(=O)nc(C(C)C#N)c1C. The third kappa shape index (κ3) is 1.75. The molecule has 0 aromatic carbocycles. The van der Waals surface area contributed by atoms with Crippen LogP contribution in [0.5, 0.6) is 0 Å². The number of hydrogen-bond acceptors (Lipinski definition) is 3. The van der Waals surface area contributed by atoms with E-state index in [1.165, 1.54) is 0 Å². The largest absolute Gasteiger partial charge is 0.345 e. The van der Waals surface area contributed by atoms with E-state index < -0.39 is 0 Å². The minimum atomic E-state index is -0.389. The fourth-order valence-corrected chi connectivity index (χ4v) is 1.15. The summed E-state index contributed by atoms with van der Waals surface area (Å²) in [5.74, 6) is -0.332. The van der Waals surface area contributed by atoms with Crippen molar-refractivity contribution in [2.24, 2.45) is 0 Å². The van der Waals surface area contributed by atoms with E-state index in [0.29, 0.717) is 5.69 Å². The summed E-state index contributed by atoms with van der Waals surface area (Å²) in [6, 6.07) is 2.06. The van der Waals surface area contributed by atoms with Crippen LogP contribution < -0.4 is 5.69 Å². The Labute approximate surface area is 76.2 Å². The second kappa shape index (κ2) is 3.40. The van der Waals surface area contributed by atoms with E-state index >= 15 is 0 Å². The molecule has 4 nitrogen and oxygen atoms in total. The molecule has 0 aliphatic carbocycles. The standard InChI is InChI=1S/C9H11N3O/c1-5(4-10)8-6(2)7(3)11-9(13)12-8/h5H,1-3H3,(H,11,12,13). The first-order valence-corrected chi connectivity index (χ1v) is 4.03. The van der Waals surface area contributed by atoms with Gasteiger partial charge in [0, 0.05) is 5.69 Å². The number of aryl methyl sites for hydroxylation is 1. The number of H-pyrrole nitrogens is 1. The molecule has 1 N–H and O–H groups in total. The molecule has 1 rings (SSSR count). The first-order chi connectivity index (χ1) is 6.06. The minimum Gasteiger partial charge on any atom is -0.310 e. The minimum absolute atomic E-state index is 0.332. The van der Waals surface area contributed by atoms with Crippen molar-refractivity contribution >= 4 is 0 Å². The number of aromatic amines is 1. The van der Waals surface area contributed by atoms with Gasteiger partial charge in [0.1, 0.15) is 0 Å². The average molecular weight is 177 g/mol. The van der Waals surface area contributed by atoms with Gasteiger partial charge in [0.15, 0.2) is 0 Å². The molecular formula is C9H11N3O. The molecule has 1 aromatic heterocycles. The summed E-state index contributed by atoms with van der Waals surface area (Å²) in [7, 11) is 0. The molecule has 1 heterocycles. The van der Waals surface area contributed by atoms with Crippen molar-refractivity contribution in [3.63, 3.8) is 0 Å². The van der Waals surface area contributed by atoms with E-state index in [4.69, 9.17) is 5.26 Å². The Hall–Kier alpha value is -1.63. The average Bonchev–Trinajstić information content (AvgIpc) is 2.10. The van der Waals surface area contributed by atoms with Crippen LogP contribution in [0.25, 0.3) is 0 Å². The Morgan fingerprint density at radius 3 is 2.69 bits per heavy atom. The van der Waals surface area contributed by atoms with Crippen molar-refractivity contribution in [2.45, 2.75) is 26.7 Å². The zero-order valence-corrected chi connectivity index (χ0v) is 7.88. The Morgan fingerprint density at radius 2 is 2.15 bits per heavy atom. The van der Waals surface area contributed by atoms with Gasteiger partial charge in [-0.15, -0.1) is 0 Å². The van der Waals surface area contributed by atoms with Gasteiger partial charge in [-0.25, -0.2) is 4.79 Å². The molecule has 0 radical (unpaired) electrons. The summed E-state index contributed by atoms with van der Waals surface area (Å²) < 4.78 is 0. The summed E-state index contributed by atoms with van der Waals surface area (Å²) >= 11 is 0. The summed E-state index contributed by atoms with van der Waals surface area (Å²) in [6.07, 6.45) is 0. The molecule has 0 bridgehead atoms. The fourth-order valence-electron chi connectivity index (χ4n) is 1.15. The van der Waals surface area contributed by atoms with Gasteiger partial charge in [-0.2, -0.15) is 10.2 Å². The predicted molar refractivity (Wildman–Crippen MR) is 48.4 cm³/mol. The molecule has 68 valence electrons. The van der Waals surface area contributed by atoms with Crippen LogP contribution in [-0.2, 0) is 0 Å². The van der Waals surface area contributed by atoms with E-state index in [2.05, 4.69) is 16.0 Å². The maximum Gasteiger partial charge on any atom is 0.345 e. The number of nitrogens with one attached hydrogen (secondary N) is 1. The van der Waals surface area contributed by atoms with Gasteiger partial charge >= 0.3 is 5.69 Å². The Balaban J connectivity index is 3.38. The van der Waals surface area contributed by atoms with Crippen LogP contribution in [0.2, 0.25) is 0 Å². The quantitative estimate of drug-likeness (QED) is 0.696. The maximum absolute atomic E-state index is 11.0. The molecule has 0 aliphatic heterocycles. The number of aromatic nitrogens is 2. The number of nitrogens with zero attached hydrogens (tertiary/aromatic N) is 2. The summed E-state index contributed by atoms with van der Waals surface area (Å²) in [6.45, 7) is 5.38. The summed E-state index contributed by atoms with van der Waals surface area (Å²) in [5, 5.41) is 8.69. The molecule has 13 heavy (non-hydrogen) atoms. The molecule has 0 saturated heterocycles. The van der Waals surface area contributed by atoms with Gasteiger partial charge in [0.25, 0.3) is 0 Å². The summed E-state index contributed by atoms with van der Waals surface area (Å²) in [5.41, 5.74) is 1.84. The molecule has 0 aliphatic rings. The number of nitriles is 1. The van der Waals surface area contributed by atoms with Crippen molar-refractivity contribution in [1.82, 2.24) is 9.97 Å². The molecule has 0 saturated carbocycles. The molecule has 0 spiro atoms. The van der Waals surface area contributed by atoms with Crippen molar-refractivity contribution < 1.29 is 0 Å². The smallest absolute Gasteiger partial charge is 0.310 e. The third-order valence-electron chi connectivity index (χ3n) is 2.07. The lowest BCUT2D eigenvalue weighted by atomic mass is 10.0. The molecule has 0 amide bonds. The van der Waals surface area contributed by atoms with Gasteiger partial charge in [-0.1, -0.05) is 0 Å². The lowest BCUT2D eigenvalue weighted by molar-refractivity contribution is 0.848. The van der Waals surface area contributed by atoms with Crippen LogP contribution in [0.1, 0.15) is 29.8 Å². The molecule has 0 fully saturated rings. The Morgan fingerprint density at radius 1 is 1.54 bits per heavy atom. The van der Waals surface area contributed by atoms with Gasteiger partial charge in [0.05, 0.1) is 17.7 Å². The van der Waals surface area contributed by atoms with Crippen molar-refractivity contribution in [2.75, 3.05) is 0 Å². The molecule has 1 unspecified atom stereocenters. The van der Waals surface area contributed by atoms with Gasteiger partial charge < -0.3 is 4.98 Å².